The third-order valence-corrected chi connectivity index (χ3v) is 2.54. The second-order valence-corrected chi connectivity index (χ2v) is 3.98. The van der Waals surface area contributed by atoms with Crippen LogP contribution in [-0.4, -0.2) is 23.3 Å². The van der Waals surface area contributed by atoms with E-state index >= 15 is 0 Å². The quantitative estimate of drug-likeness (QED) is 0.842. The molecule has 14 heavy (non-hydrogen) atoms. The molecule has 0 saturated carbocycles. The number of ether oxygens (including phenoxy) is 1. The minimum absolute atomic E-state index is 0.710. The van der Waals surface area contributed by atoms with Crippen molar-refractivity contribution in [3.63, 3.8) is 0 Å². The highest BCUT2D eigenvalue weighted by atomic mass is 79.9. The predicted molar refractivity (Wildman–Crippen MR) is 59.3 cm³/mol. The lowest BCUT2D eigenvalue weighted by Gasteiger charge is -2.02. The van der Waals surface area contributed by atoms with Gasteiger partial charge < -0.3 is 9.30 Å². The summed E-state index contributed by atoms with van der Waals surface area (Å²) < 4.78 is 8.13. The number of hydrogen-bond donors (Lipinski definition) is 0. The van der Waals surface area contributed by atoms with Crippen LogP contribution in [0.2, 0.25) is 0 Å². The number of halogens is 1. The van der Waals surface area contributed by atoms with Crippen LogP contribution in [0.25, 0.3) is 11.0 Å². The van der Waals surface area contributed by atoms with E-state index in [-0.39, 0.29) is 0 Å². The third-order valence-electron chi connectivity index (χ3n) is 2.10. The zero-order valence-electron chi connectivity index (χ0n) is 7.90. The van der Waals surface area contributed by atoms with Crippen LogP contribution in [0, 0.1) is 0 Å². The third kappa shape index (κ3) is 1.81. The minimum Gasteiger partial charge on any atom is -0.383 e. The molecule has 2 heterocycles. The number of hydrogen-bond acceptors (Lipinski definition) is 2. The van der Waals surface area contributed by atoms with Crippen molar-refractivity contribution in [1.29, 1.82) is 0 Å². The average molecular weight is 255 g/mol. The SMILES string of the molecule is COCCn1ccc2cc(Br)cnc21. The monoisotopic (exact) mass is 254 g/mol. The second kappa shape index (κ2) is 4.11. The summed E-state index contributed by atoms with van der Waals surface area (Å²) in [6.07, 6.45) is 3.84. The number of fused-ring (bicyclic) bond motifs is 1. The molecule has 0 aliphatic heterocycles. The van der Waals surface area contributed by atoms with Crippen LogP contribution >= 0.6 is 15.9 Å². The van der Waals surface area contributed by atoms with Gasteiger partial charge in [-0.05, 0) is 28.1 Å². The zero-order chi connectivity index (χ0) is 9.97. The number of aromatic nitrogens is 2. The molecule has 74 valence electrons. The number of methoxy groups -OCH3 is 1. The van der Waals surface area contributed by atoms with Crippen molar-refractivity contribution in [3.05, 3.63) is 29.0 Å². The molecule has 2 rings (SSSR count). The van der Waals surface area contributed by atoms with Crippen LogP contribution in [0.3, 0.4) is 0 Å². The Balaban J connectivity index is 2.37. The van der Waals surface area contributed by atoms with E-state index in [4.69, 9.17) is 4.74 Å². The standard InChI is InChI=1S/C10H11BrN2O/c1-14-5-4-13-3-2-8-6-9(11)7-12-10(8)13/h2-3,6-7H,4-5H2,1H3. The molecule has 0 unspecified atom stereocenters. The Morgan fingerprint density at radius 3 is 3.21 bits per heavy atom. The summed E-state index contributed by atoms with van der Waals surface area (Å²) in [6.45, 7) is 1.55. The molecular weight excluding hydrogens is 244 g/mol. The molecule has 0 saturated heterocycles. The van der Waals surface area contributed by atoms with Gasteiger partial charge in [0.1, 0.15) is 5.65 Å². The molecule has 0 fully saturated rings. The summed E-state index contributed by atoms with van der Waals surface area (Å²) in [5, 5.41) is 1.15. The van der Waals surface area contributed by atoms with Gasteiger partial charge in [-0.2, -0.15) is 0 Å². The Morgan fingerprint density at radius 1 is 1.57 bits per heavy atom. The van der Waals surface area contributed by atoms with E-state index in [1.807, 2.05) is 12.4 Å². The highest BCUT2D eigenvalue weighted by Gasteiger charge is 2.01. The van der Waals surface area contributed by atoms with Crippen LogP contribution in [-0.2, 0) is 11.3 Å². The van der Waals surface area contributed by atoms with Crippen LogP contribution in [0.4, 0.5) is 0 Å². The van der Waals surface area contributed by atoms with Gasteiger partial charge in [0, 0.05) is 35.9 Å². The second-order valence-electron chi connectivity index (χ2n) is 3.07. The van der Waals surface area contributed by atoms with Crippen molar-refractivity contribution in [1.82, 2.24) is 9.55 Å². The van der Waals surface area contributed by atoms with Gasteiger partial charge in [0.25, 0.3) is 0 Å². The van der Waals surface area contributed by atoms with E-state index < -0.39 is 0 Å². The minimum atomic E-state index is 0.710. The average Bonchev–Trinajstić information content (AvgIpc) is 2.57. The van der Waals surface area contributed by atoms with E-state index in [2.05, 4.69) is 37.6 Å². The Kier molecular flexibility index (Phi) is 2.84. The molecule has 2 aromatic rings. The summed E-state index contributed by atoms with van der Waals surface area (Å²) in [7, 11) is 1.70. The maximum absolute atomic E-state index is 5.03. The molecule has 0 atom stereocenters. The molecule has 0 aromatic carbocycles. The predicted octanol–water partition coefficient (Wildman–Crippen LogP) is 2.45. The zero-order valence-corrected chi connectivity index (χ0v) is 9.49. The van der Waals surface area contributed by atoms with Crippen LogP contribution in [0.15, 0.2) is 29.0 Å². The number of rotatable bonds is 3. The van der Waals surface area contributed by atoms with Gasteiger partial charge in [-0.3, -0.25) is 0 Å². The van der Waals surface area contributed by atoms with E-state index in [0.717, 1.165) is 22.1 Å². The van der Waals surface area contributed by atoms with Crippen molar-refractivity contribution in [3.8, 4) is 0 Å². The van der Waals surface area contributed by atoms with Crippen molar-refractivity contribution in [2.75, 3.05) is 13.7 Å². The van der Waals surface area contributed by atoms with Crippen molar-refractivity contribution in [2.24, 2.45) is 0 Å². The normalized spacial score (nSPS) is 11.0. The molecule has 0 radical (unpaired) electrons. The van der Waals surface area contributed by atoms with E-state index in [0.29, 0.717) is 6.61 Å². The van der Waals surface area contributed by atoms with Gasteiger partial charge in [-0.15, -0.1) is 0 Å². The van der Waals surface area contributed by atoms with Crippen LogP contribution in [0.5, 0.6) is 0 Å². The molecule has 0 aliphatic rings. The van der Waals surface area contributed by atoms with Crippen molar-refractivity contribution >= 4 is 27.0 Å². The molecule has 2 aromatic heterocycles. The molecule has 0 aliphatic carbocycles. The topological polar surface area (TPSA) is 27.1 Å². The highest BCUT2D eigenvalue weighted by molar-refractivity contribution is 9.10. The van der Waals surface area contributed by atoms with Crippen LogP contribution < -0.4 is 0 Å². The Morgan fingerprint density at radius 2 is 2.43 bits per heavy atom. The molecule has 4 heteroatoms. The first kappa shape index (κ1) is 9.68. The lowest BCUT2D eigenvalue weighted by molar-refractivity contribution is 0.188. The van der Waals surface area contributed by atoms with Gasteiger partial charge in [-0.25, -0.2) is 4.98 Å². The molecule has 3 nitrogen and oxygen atoms in total. The van der Waals surface area contributed by atoms with Crippen LogP contribution in [0.1, 0.15) is 0 Å². The summed E-state index contributed by atoms with van der Waals surface area (Å²) in [6, 6.07) is 4.12. The molecule has 0 N–H and O–H groups in total. The summed E-state index contributed by atoms with van der Waals surface area (Å²) in [5.41, 5.74) is 1.00. The fourth-order valence-corrected chi connectivity index (χ4v) is 1.77. The molecule has 0 amide bonds. The Bertz CT molecular complexity index is 439. The maximum Gasteiger partial charge on any atom is 0.139 e. The number of pyridine rings is 1. The van der Waals surface area contributed by atoms with E-state index in [1.54, 1.807) is 7.11 Å². The Labute approximate surface area is 90.8 Å². The van der Waals surface area contributed by atoms with Gasteiger partial charge in [0.05, 0.1) is 6.61 Å². The van der Waals surface area contributed by atoms with Gasteiger partial charge in [0.15, 0.2) is 0 Å². The van der Waals surface area contributed by atoms with Gasteiger partial charge in [0.2, 0.25) is 0 Å². The largest absolute Gasteiger partial charge is 0.383 e. The Hall–Kier alpha value is -0.870. The lowest BCUT2D eigenvalue weighted by atomic mass is 10.3. The van der Waals surface area contributed by atoms with E-state index in [9.17, 15) is 0 Å². The number of nitrogens with zero attached hydrogens (tertiary/aromatic N) is 2. The fraction of sp³-hybridized carbons (Fsp3) is 0.300. The molecule has 0 bridgehead atoms. The molecular formula is C10H11BrN2O. The van der Waals surface area contributed by atoms with E-state index in [1.165, 1.54) is 0 Å². The summed E-state index contributed by atoms with van der Waals surface area (Å²) >= 11 is 3.40. The molecule has 0 spiro atoms. The summed E-state index contributed by atoms with van der Waals surface area (Å²) in [4.78, 5) is 4.35. The lowest BCUT2D eigenvalue weighted by Crippen LogP contribution is -2.03. The van der Waals surface area contributed by atoms with Gasteiger partial charge in [-0.1, -0.05) is 0 Å². The smallest absolute Gasteiger partial charge is 0.139 e. The first-order chi connectivity index (χ1) is 6.81. The first-order valence-corrected chi connectivity index (χ1v) is 5.20. The summed E-state index contributed by atoms with van der Waals surface area (Å²) in [5.74, 6) is 0. The van der Waals surface area contributed by atoms with Crippen molar-refractivity contribution in [2.45, 2.75) is 6.54 Å². The highest BCUT2D eigenvalue weighted by Crippen LogP contribution is 2.17. The maximum atomic E-state index is 5.03. The van der Waals surface area contributed by atoms with Gasteiger partial charge >= 0.3 is 0 Å². The first-order valence-electron chi connectivity index (χ1n) is 4.40. The van der Waals surface area contributed by atoms with Crippen molar-refractivity contribution < 1.29 is 4.74 Å². The fourth-order valence-electron chi connectivity index (χ4n) is 1.42.